The minimum atomic E-state index is -0.765. The van der Waals surface area contributed by atoms with Gasteiger partial charge in [0.2, 0.25) is 17.7 Å². The second kappa shape index (κ2) is 11.4. The summed E-state index contributed by atoms with van der Waals surface area (Å²) in [6, 6.07) is 5.33. The topological polar surface area (TPSA) is 108 Å². The first-order valence-electron chi connectivity index (χ1n) is 9.74. The first-order valence-corrected chi connectivity index (χ1v) is 9.74. The lowest BCUT2D eigenvalue weighted by molar-refractivity contribution is -0.131. The Morgan fingerprint density at radius 3 is 2.04 bits per heavy atom. The molecule has 1 rings (SSSR count). The third-order valence-corrected chi connectivity index (χ3v) is 4.37. The van der Waals surface area contributed by atoms with E-state index in [1.165, 1.54) is 0 Å². The normalized spacial score (nSPS) is 13.1. The maximum Gasteiger partial charge on any atom is 0.246 e. The van der Waals surface area contributed by atoms with E-state index in [2.05, 4.69) is 16.0 Å². The monoisotopic (exact) mass is 391 g/mol. The van der Waals surface area contributed by atoms with E-state index in [0.717, 1.165) is 12.0 Å². The molecule has 0 aliphatic heterocycles. The summed E-state index contributed by atoms with van der Waals surface area (Å²) in [6.07, 6.45) is 1.13. The van der Waals surface area contributed by atoms with E-state index >= 15 is 0 Å². The standard InChI is InChI=1S/C21H33N3O4/c1-13(2)6-11-18(26)24-19(14(3)4)21(28)22-15(5)20(27)23-17-9-7-16(12-25)8-10-17/h7-10,13-15,19,25H,6,11-12H2,1-5H3,(H,22,28)(H,23,27)(H,24,26)/t15-,19-/m0/s1. The quantitative estimate of drug-likeness (QED) is 0.490. The van der Waals surface area contributed by atoms with E-state index in [1.807, 2.05) is 27.7 Å². The Hall–Kier alpha value is -2.41. The second-order valence-corrected chi connectivity index (χ2v) is 7.80. The van der Waals surface area contributed by atoms with Crippen molar-refractivity contribution >= 4 is 23.4 Å². The van der Waals surface area contributed by atoms with Crippen molar-refractivity contribution < 1.29 is 19.5 Å². The summed E-state index contributed by atoms with van der Waals surface area (Å²) in [4.78, 5) is 37.0. The number of amides is 3. The molecule has 0 aliphatic rings. The summed E-state index contributed by atoms with van der Waals surface area (Å²) in [7, 11) is 0. The molecule has 4 N–H and O–H groups in total. The first-order chi connectivity index (χ1) is 13.1. The lowest BCUT2D eigenvalue weighted by Crippen LogP contribution is -2.53. The summed E-state index contributed by atoms with van der Waals surface area (Å²) in [5.74, 6) is -0.606. The molecule has 7 nitrogen and oxygen atoms in total. The average molecular weight is 392 g/mol. The summed E-state index contributed by atoms with van der Waals surface area (Å²) in [5, 5.41) is 17.2. The van der Waals surface area contributed by atoms with Crippen molar-refractivity contribution in [3.8, 4) is 0 Å². The van der Waals surface area contributed by atoms with Crippen LogP contribution in [0.15, 0.2) is 24.3 Å². The van der Waals surface area contributed by atoms with Crippen LogP contribution in [0.3, 0.4) is 0 Å². The van der Waals surface area contributed by atoms with Crippen molar-refractivity contribution in [2.24, 2.45) is 11.8 Å². The predicted molar refractivity (Wildman–Crippen MR) is 109 cm³/mol. The van der Waals surface area contributed by atoms with Crippen molar-refractivity contribution in [1.29, 1.82) is 0 Å². The number of anilines is 1. The average Bonchev–Trinajstić information content (AvgIpc) is 2.64. The molecule has 0 bridgehead atoms. The zero-order chi connectivity index (χ0) is 21.3. The van der Waals surface area contributed by atoms with E-state index in [0.29, 0.717) is 18.0 Å². The fourth-order valence-electron chi connectivity index (χ4n) is 2.51. The van der Waals surface area contributed by atoms with Crippen molar-refractivity contribution in [2.45, 2.75) is 66.2 Å². The molecule has 0 aliphatic carbocycles. The van der Waals surface area contributed by atoms with Gasteiger partial charge in [-0.25, -0.2) is 0 Å². The number of aliphatic hydroxyl groups is 1. The molecule has 28 heavy (non-hydrogen) atoms. The van der Waals surface area contributed by atoms with Gasteiger partial charge in [0, 0.05) is 12.1 Å². The number of hydrogen-bond donors (Lipinski definition) is 4. The highest BCUT2D eigenvalue weighted by atomic mass is 16.3. The SMILES string of the molecule is CC(C)CCC(=O)N[C@H](C(=O)N[C@@H](C)C(=O)Nc1ccc(CO)cc1)C(C)C. The molecule has 0 heterocycles. The van der Waals surface area contributed by atoms with Crippen LogP contribution in [0.2, 0.25) is 0 Å². The van der Waals surface area contributed by atoms with E-state index in [4.69, 9.17) is 5.11 Å². The van der Waals surface area contributed by atoms with Crippen molar-refractivity contribution in [2.75, 3.05) is 5.32 Å². The zero-order valence-electron chi connectivity index (χ0n) is 17.4. The van der Waals surface area contributed by atoms with E-state index < -0.39 is 12.1 Å². The molecule has 1 aromatic carbocycles. The van der Waals surface area contributed by atoms with E-state index in [-0.39, 0.29) is 30.2 Å². The van der Waals surface area contributed by atoms with Gasteiger partial charge >= 0.3 is 0 Å². The summed E-state index contributed by atoms with van der Waals surface area (Å²) in [6.45, 7) is 9.30. The number of rotatable bonds is 10. The number of carbonyl (C=O) groups excluding carboxylic acids is 3. The van der Waals surface area contributed by atoms with Gasteiger partial charge in [0.15, 0.2) is 0 Å². The van der Waals surface area contributed by atoms with Crippen LogP contribution in [-0.4, -0.2) is 34.9 Å². The van der Waals surface area contributed by atoms with Crippen molar-refractivity contribution in [1.82, 2.24) is 10.6 Å². The largest absolute Gasteiger partial charge is 0.392 e. The molecule has 0 saturated carbocycles. The van der Waals surface area contributed by atoms with Gasteiger partial charge in [-0.3, -0.25) is 14.4 Å². The molecule has 0 spiro atoms. The Bertz CT molecular complexity index is 656. The van der Waals surface area contributed by atoms with Gasteiger partial charge in [-0.05, 0) is 42.9 Å². The van der Waals surface area contributed by atoms with Gasteiger partial charge in [-0.1, -0.05) is 39.8 Å². The van der Waals surface area contributed by atoms with Crippen molar-refractivity contribution in [3.63, 3.8) is 0 Å². The van der Waals surface area contributed by atoms with Gasteiger partial charge in [0.05, 0.1) is 6.61 Å². The number of carbonyl (C=O) groups is 3. The zero-order valence-corrected chi connectivity index (χ0v) is 17.4. The third-order valence-electron chi connectivity index (χ3n) is 4.37. The molecule has 0 saturated heterocycles. The molecule has 7 heteroatoms. The Labute approximate surface area is 167 Å². The molecular weight excluding hydrogens is 358 g/mol. The maximum atomic E-state index is 12.6. The van der Waals surface area contributed by atoms with Gasteiger partial charge in [-0.2, -0.15) is 0 Å². The van der Waals surface area contributed by atoms with Crippen LogP contribution in [0.4, 0.5) is 5.69 Å². The van der Waals surface area contributed by atoms with Crippen LogP contribution >= 0.6 is 0 Å². The summed E-state index contributed by atoms with van der Waals surface area (Å²) < 4.78 is 0. The molecule has 2 atom stereocenters. The molecule has 0 unspecified atom stereocenters. The molecule has 0 radical (unpaired) electrons. The number of nitrogens with one attached hydrogen (secondary N) is 3. The smallest absolute Gasteiger partial charge is 0.246 e. The van der Waals surface area contributed by atoms with Gasteiger partial charge < -0.3 is 21.1 Å². The third kappa shape index (κ3) is 8.08. The lowest BCUT2D eigenvalue weighted by atomic mass is 10.0. The van der Waals surface area contributed by atoms with Crippen LogP contribution in [0.25, 0.3) is 0 Å². The Balaban J connectivity index is 2.62. The lowest BCUT2D eigenvalue weighted by Gasteiger charge is -2.24. The van der Waals surface area contributed by atoms with Crippen LogP contribution in [-0.2, 0) is 21.0 Å². The van der Waals surface area contributed by atoms with E-state index in [9.17, 15) is 14.4 Å². The van der Waals surface area contributed by atoms with Crippen LogP contribution in [0.5, 0.6) is 0 Å². The molecule has 0 aromatic heterocycles. The number of hydrogen-bond acceptors (Lipinski definition) is 4. The van der Waals surface area contributed by atoms with E-state index in [1.54, 1.807) is 31.2 Å². The Kier molecular flexibility index (Phi) is 9.65. The highest BCUT2D eigenvalue weighted by Gasteiger charge is 2.26. The van der Waals surface area contributed by atoms with Gasteiger partial charge in [0.25, 0.3) is 0 Å². The predicted octanol–water partition coefficient (Wildman–Crippen LogP) is 2.20. The summed E-state index contributed by atoms with van der Waals surface area (Å²) >= 11 is 0. The fraction of sp³-hybridized carbons (Fsp3) is 0.571. The number of aliphatic hydroxyl groups excluding tert-OH is 1. The number of benzene rings is 1. The fourth-order valence-corrected chi connectivity index (χ4v) is 2.51. The van der Waals surface area contributed by atoms with Crippen LogP contribution in [0, 0.1) is 11.8 Å². The summed E-state index contributed by atoms with van der Waals surface area (Å²) in [5.41, 5.74) is 1.32. The maximum absolute atomic E-state index is 12.6. The second-order valence-electron chi connectivity index (χ2n) is 7.80. The highest BCUT2D eigenvalue weighted by molar-refractivity contribution is 5.98. The first kappa shape index (κ1) is 23.6. The van der Waals surface area contributed by atoms with Gasteiger partial charge in [-0.15, -0.1) is 0 Å². The van der Waals surface area contributed by atoms with Crippen LogP contribution < -0.4 is 16.0 Å². The molecule has 3 amide bonds. The highest BCUT2D eigenvalue weighted by Crippen LogP contribution is 2.10. The van der Waals surface area contributed by atoms with Crippen molar-refractivity contribution in [3.05, 3.63) is 29.8 Å². The minimum absolute atomic E-state index is 0.0693. The molecule has 156 valence electrons. The molecule has 1 aromatic rings. The Morgan fingerprint density at radius 2 is 1.54 bits per heavy atom. The Morgan fingerprint density at radius 1 is 0.929 bits per heavy atom. The van der Waals surface area contributed by atoms with Crippen LogP contribution in [0.1, 0.15) is 53.0 Å². The minimum Gasteiger partial charge on any atom is -0.392 e. The van der Waals surface area contributed by atoms with Gasteiger partial charge in [0.1, 0.15) is 12.1 Å². The molecular formula is C21H33N3O4. The molecule has 0 fully saturated rings.